The zero-order chi connectivity index (χ0) is 29.2. The standard InChI is InChI=1S/C27H35N7O5S/c1-16(2)31-25(36)27(4,5)33-22(35)21-17(3)23(34-29-12-13-30-34)40-24(21)32(26(33)37)15-20(39-14-11-28)18-9-7-8-10-19(18)38-6/h7-10,12-13,16,20H,11,14-15,28H2,1-6H3,(H,31,36). The van der Waals surface area contributed by atoms with Crippen molar-refractivity contribution in [2.45, 2.75) is 58.8 Å². The van der Waals surface area contributed by atoms with Gasteiger partial charge in [-0.05, 0) is 40.7 Å². The fraction of sp³-hybridized carbons (Fsp3) is 0.444. The lowest BCUT2D eigenvalue weighted by molar-refractivity contribution is -0.129. The van der Waals surface area contributed by atoms with Crippen LogP contribution in [0, 0.1) is 6.92 Å². The molecule has 1 unspecified atom stereocenters. The molecule has 0 aliphatic carbocycles. The van der Waals surface area contributed by atoms with Gasteiger partial charge in [-0.25, -0.2) is 9.36 Å². The quantitative estimate of drug-likeness (QED) is 0.279. The summed E-state index contributed by atoms with van der Waals surface area (Å²) in [6, 6.07) is 7.18. The number of hydrogen-bond acceptors (Lipinski definition) is 9. The van der Waals surface area contributed by atoms with E-state index in [9.17, 15) is 14.4 Å². The van der Waals surface area contributed by atoms with Crippen LogP contribution in [0.15, 0.2) is 46.2 Å². The first-order valence-corrected chi connectivity index (χ1v) is 13.8. The maximum atomic E-state index is 14.2. The number of aryl methyl sites for hydroxylation is 1. The third-order valence-corrected chi connectivity index (χ3v) is 7.87. The van der Waals surface area contributed by atoms with E-state index in [2.05, 4.69) is 15.5 Å². The van der Waals surface area contributed by atoms with Gasteiger partial charge in [0, 0.05) is 23.7 Å². The molecule has 3 N–H and O–H groups in total. The lowest BCUT2D eigenvalue weighted by Crippen LogP contribution is -2.56. The largest absolute Gasteiger partial charge is 0.496 e. The van der Waals surface area contributed by atoms with Crippen LogP contribution in [0.3, 0.4) is 0 Å². The summed E-state index contributed by atoms with van der Waals surface area (Å²) in [4.78, 5) is 43.4. The molecule has 3 aromatic heterocycles. The topological polar surface area (TPSA) is 148 Å². The monoisotopic (exact) mass is 569 g/mol. The number of aromatic nitrogens is 5. The van der Waals surface area contributed by atoms with Gasteiger partial charge in [0.25, 0.3) is 5.56 Å². The number of fused-ring (bicyclic) bond motifs is 1. The van der Waals surface area contributed by atoms with Crippen molar-refractivity contribution in [1.29, 1.82) is 0 Å². The molecule has 0 saturated carbocycles. The van der Waals surface area contributed by atoms with Gasteiger partial charge in [0.05, 0.1) is 38.0 Å². The average molecular weight is 570 g/mol. The highest BCUT2D eigenvalue weighted by atomic mass is 32.1. The maximum absolute atomic E-state index is 14.2. The number of nitrogens with one attached hydrogen (secondary N) is 1. The molecular weight excluding hydrogens is 534 g/mol. The number of thiophene rings is 1. The third-order valence-electron chi connectivity index (χ3n) is 6.59. The number of para-hydroxylation sites is 1. The van der Waals surface area contributed by atoms with E-state index >= 15 is 0 Å². The van der Waals surface area contributed by atoms with E-state index in [1.807, 2.05) is 38.1 Å². The zero-order valence-corrected chi connectivity index (χ0v) is 24.3. The molecule has 1 aromatic carbocycles. The van der Waals surface area contributed by atoms with Crippen molar-refractivity contribution in [2.24, 2.45) is 5.73 Å². The summed E-state index contributed by atoms with van der Waals surface area (Å²) < 4.78 is 14.2. The van der Waals surface area contributed by atoms with E-state index in [-0.39, 0.29) is 25.7 Å². The van der Waals surface area contributed by atoms with Gasteiger partial charge >= 0.3 is 5.69 Å². The van der Waals surface area contributed by atoms with Crippen molar-refractivity contribution < 1.29 is 14.3 Å². The third kappa shape index (κ3) is 5.31. The first-order chi connectivity index (χ1) is 19.0. The Bertz CT molecular complexity index is 1620. The van der Waals surface area contributed by atoms with Crippen LogP contribution in [0.4, 0.5) is 0 Å². The summed E-state index contributed by atoms with van der Waals surface area (Å²) in [5.74, 6) is 0.137. The fourth-order valence-corrected chi connectivity index (χ4v) is 5.81. The summed E-state index contributed by atoms with van der Waals surface area (Å²) in [7, 11) is 1.56. The van der Waals surface area contributed by atoms with Crippen LogP contribution in [0.5, 0.6) is 5.75 Å². The second-order valence-corrected chi connectivity index (χ2v) is 11.1. The molecule has 3 heterocycles. The Hall–Kier alpha value is -3.81. The van der Waals surface area contributed by atoms with Crippen LogP contribution < -0.4 is 27.0 Å². The Morgan fingerprint density at radius 2 is 1.85 bits per heavy atom. The van der Waals surface area contributed by atoms with E-state index in [1.165, 1.54) is 33.1 Å². The lowest BCUT2D eigenvalue weighted by Gasteiger charge is -2.28. The molecule has 0 spiro atoms. The molecule has 0 radical (unpaired) electrons. The van der Waals surface area contributed by atoms with Crippen molar-refractivity contribution in [3.05, 3.63) is 68.6 Å². The molecule has 4 rings (SSSR count). The molecule has 0 fully saturated rings. The molecule has 4 aromatic rings. The van der Waals surface area contributed by atoms with Gasteiger partial charge in [0.2, 0.25) is 5.91 Å². The highest BCUT2D eigenvalue weighted by molar-refractivity contribution is 7.21. The number of benzene rings is 1. The minimum Gasteiger partial charge on any atom is -0.496 e. The normalized spacial score (nSPS) is 12.7. The predicted molar refractivity (Wildman–Crippen MR) is 153 cm³/mol. The maximum Gasteiger partial charge on any atom is 0.333 e. The summed E-state index contributed by atoms with van der Waals surface area (Å²) in [6.45, 7) is 9.06. The lowest BCUT2D eigenvalue weighted by atomic mass is 10.0. The summed E-state index contributed by atoms with van der Waals surface area (Å²) in [5.41, 5.74) is 4.38. The fourth-order valence-electron chi connectivity index (χ4n) is 4.59. The molecule has 13 heteroatoms. The smallest absolute Gasteiger partial charge is 0.333 e. The molecule has 0 aliphatic heterocycles. The number of hydrogen-bond donors (Lipinski definition) is 2. The van der Waals surface area contributed by atoms with Crippen molar-refractivity contribution in [2.75, 3.05) is 20.3 Å². The van der Waals surface area contributed by atoms with Crippen molar-refractivity contribution in [3.8, 4) is 10.8 Å². The number of amides is 1. The predicted octanol–water partition coefficient (Wildman–Crippen LogP) is 2.10. The molecule has 1 amide bonds. The highest BCUT2D eigenvalue weighted by Gasteiger charge is 2.36. The number of ether oxygens (including phenoxy) is 2. The Morgan fingerprint density at radius 1 is 1.18 bits per heavy atom. The van der Waals surface area contributed by atoms with Crippen LogP contribution in [0.25, 0.3) is 15.2 Å². The second kappa shape index (κ2) is 11.7. The molecule has 0 saturated heterocycles. The Morgan fingerprint density at radius 3 is 2.48 bits per heavy atom. The van der Waals surface area contributed by atoms with Gasteiger partial charge < -0.3 is 20.5 Å². The molecule has 12 nitrogen and oxygen atoms in total. The minimum atomic E-state index is -1.50. The molecule has 0 aliphatic rings. The number of nitrogens with zero attached hydrogens (tertiary/aromatic N) is 5. The zero-order valence-electron chi connectivity index (χ0n) is 23.5. The van der Waals surface area contributed by atoms with Crippen molar-refractivity contribution >= 4 is 27.5 Å². The number of methoxy groups -OCH3 is 1. The highest BCUT2D eigenvalue weighted by Crippen LogP contribution is 2.33. The van der Waals surface area contributed by atoms with Gasteiger partial charge in [-0.2, -0.15) is 10.2 Å². The van der Waals surface area contributed by atoms with Crippen LogP contribution in [0.1, 0.15) is 44.9 Å². The summed E-state index contributed by atoms with van der Waals surface area (Å²) >= 11 is 1.22. The van der Waals surface area contributed by atoms with Crippen LogP contribution >= 0.6 is 11.3 Å². The van der Waals surface area contributed by atoms with Gasteiger partial charge in [0.1, 0.15) is 27.2 Å². The summed E-state index contributed by atoms with van der Waals surface area (Å²) in [5, 5.41) is 12.2. The number of rotatable bonds is 11. The average Bonchev–Trinajstić information content (AvgIpc) is 3.56. The summed E-state index contributed by atoms with van der Waals surface area (Å²) in [6.07, 6.45) is 2.42. The van der Waals surface area contributed by atoms with Gasteiger partial charge in [-0.3, -0.25) is 14.2 Å². The van der Waals surface area contributed by atoms with Crippen molar-refractivity contribution in [3.63, 3.8) is 0 Å². The molecule has 40 heavy (non-hydrogen) atoms. The van der Waals surface area contributed by atoms with Gasteiger partial charge in [-0.1, -0.05) is 29.5 Å². The SMILES string of the molecule is COc1ccccc1C(Cn1c(=O)n(C(C)(C)C(=O)NC(C)C)c(=O)c2c(C)c(-n3nccn3)sc21)OCCN. The Labute approximate surface area is 235 Å². The van der Waals surface area contributed by atoms with Gasteiger partial charge in [0.15, 0.2) is 0 Å². The van der Waals surface area contributed by atoms with E-state index in [0.717, 1.165) is 10.1 Å². The van der Waals surface area contributed by atoms with E-state index in [0.29, 0.717) is 26.5 Å². The van der Waals surface area contributed by atoms with E-state index < -0.39 is 28.8 Å². The molecule has 1 atom stereocenters. The Balaban J connectivity index is 2.02. The van der Waals surface area contributed by atoms with Crippen molar-refractivity contribution in [1.82, 2.24) is 29.4 Å². The molecule has 214 valence electrons. The Kier molecular flexibility index (Phi) is 8.57. The van der Waals surface area contributed by atoms with E-state index in [4.69, 9.17) is 15.2 Å². The second-order valence-electron chi connectivity index (χ2n) is 10.1. The number of carbonyl (C=O) groups is 1. The first kappa shape index (κ1) is 29.2. The van der Waals surface area contributed by atoms with Crippen LogP contribution in [0.2, 0.25) is 0 Å². The van der Waals surface area contributed by atoms with Crippen LogP contribution in [-0.2, 0) is 21.6 Å². The number of nitrogens with two attached hydrogens (primary N) is 1. The first-order valence-electron chi connectivity index (χ1n) is 12.9. The van der Waals surface area contributed by atoms with Gasteiger partial charge in [-0.15, -0.1) is 4.80 Å². The minimum absolute atomic E-state index is 0.0315. The number of carbonyl (C=O) groups excluding carboxylic acids is 1. The molecule has 0 bridgehead atoms. The molecular formula is C27H35N7O5S. The van der Waals surface area contributed by atoms with Crippen LogP contribution in [-0.4, -0.2) is 56.3 Å². The van der Waals surface area contributed by atoms with E-state index in [1.54, 1.807) is 27.9 Å².